The van der Waals surface area contributed by atoms with Crippen molar-refractivity contribution in [3.05, 3.63) is 54.1 Å². The lowest BCUT2D eigenvalue weighted by molar-refractivity contribution is 0.0988. The number of anilines is 1. The maximum atomic E-state index is 12.1. The van der Waals surface area contributed by atoms with Crippen molar-refractivity contribution in [2.75, 3.05) is 11.9 Å². The fourth-order valence-electron chi connectivity index (χ4n) is 1.46. The number of amides is 1. The molecule has 2 heterocycles. The number of nitriles is 1. The summed E-state index contributed by atoms with van der Waals surface area (Å²) in [5.41, 5.74) is 1.13. The predicted molar refractivity (Wildman–Crippen MR) is 65.9 cm³/mol. The molecule has 2 rings (SSSR count). The number of carbonyl (C=O) groups is 1. The third-order valence-electron chi connectivity index (χ3n) is 2.42. The molecular weight excluding hydrogens is 228 g/mol. The molecule has 0 aliphatic carbocycles. The normalized spacial score (nSPS) is 9.56. The first-order valence-electron chi connectivity index (χ1n) is 5.27. The van der Waals surface area contributed by atoms with Gasteiger partial charge in [-0.05, 0) is 24.3 Å². The molecule has 2 aromatic heterocycles. The molecule has 0 N–H and O–H groups in total. The molecule has 0 unspecified atom stereocenters. The Balaban J connectivity index is 2.29. The van der Waals surface area contributed by atoms with Crippen LogP contribution in [0.4, 0.5) is 5.69 Å². The number of hydrogen-bond donors (Lipinski definition) is 0. The Morgan fingerprint density at radius 3 is 2.83 bits per heavy atom. The van der Waals surface area contributed by atoms with Crippen molar-refractivity contribution < 1.29 is 4.79 Å². The van der Waals surface area contributed by atoms with Crippen LogP contribution in [0.2, 0.25) is 0 Å². The Morgan fingerprint density at radius 2 is 2.17 bits per heavy atom. The maximum Gasteiger partial charge on any atom is 0.276 e. The summed E-state index contributed by atoms with van der Waals surface area (Å²) < 4.78 is 0. The van der Waals surface area contributed by atoms with Crippen LogP contribution in [0.1, 0.15) is 16.2 Å². The largest absolute Gasteiger partial charge is 0.309 e. The average Bonchev–Trinajstić information content (AvgIpc) is 2.46. The van der Waals surface area contributed by atoms with E-state index in [0.29, 0.717) is 5.69 Å². The van der Waals surface area contributed by atoms with Crippen molar-refractivity contribution >= 4 is 11.6 Å². The van der Waals surface area contributed by atoms with Gasteiger partial charge < -0.3 is 4.90 Å². The summed E-state index contributed by atoms with van der Waals surface area (Å²) in [6.07, 6.45) is 3.22. The monoisotopic (exact) mass is 238 g/mol. The summed E-state index contributed by atoms with van der Waals surface area (Å²) in [4.78, 5) is 21.5. The highest BCUT2D eigenvalue weighted by Gasteiger charge is 2.15. The van der Waals surface area contributed by atoms with Gasteiger partial charge in [0.15, 0.2) is 0 Å². The second kappa shape index (κ2) is 5.06. The molecule has 18 heavy (non-hydrogen) atoms. The van der Waals surface area contributed by atoms with Gasteiger partial charge in [0.1, 0.15) is 17.5 Å². The summed E-state index contributed by atoms with van der Waals surface area (Å²) in [5, 5.41) is 8.75. The van der Waals surface area contributed by atoms with E-state index in [1.807, 2.05) is 6.07 Å². The van der Waals surface area contributed by atoms with Crippen molar-refractivity contribution in [1.29, 1.82) is 5.26 Å². The molecule has 0 saturated heterocycles. The van der Waals surface area contributed by atoms with Crippen LogP contribution in [-0.4, -0.2) is 22.9 Å². The van der Waals surface area contributed by atoms with Crippen LogP contribution in [-0.2, 0) is 0 Å². The third-order valence-corrected chi connectivity index (χ3v) is 2.42. The molecule has 0 fully saturated rings. The lowest BCUT2D eigenvalue weighted by atomic mass is 10.2. The maximum absolute atomic E-state index is 12.1. The Kier molecular flexibility index (Phi) is 3.30. The van der Waals surface area contributed by atoms with Gasteiger partial charge in [0.05, 0.1) is 11.9 Å². The van der Waals surface area contributed by atoms with Crippen LogP contribution in [0.15, 0.2) is 42.7 Å². The number of rotatable bonds is 2. The van der Waals surface area contributed by atoms with E-state index in [-0.39, 0.29) is 17.3 Å². The number of pyridine rings is 2. The minimum absolute atomic E-state index is 0.223. The summed E-state index contributed by atoms with van der Waals surface area (Å²) >= 11 is 0. The van der Waals surface area contributed by atoms with Gasteiger partial charge in [0.2, 0.25) is 0 Å². The van der Waals surface area contributed by atoms with E-state index in [1.165, 1.54) is 4.90 Å². The van der Waals surface area contributed by atoms with Crippen LogP contribution < -0.4 is 4.90 Å². The zero-order valence-electron chi connectivity index (χ0n) is 9.74. The second-order valence-electron chi connectivity index (χ2n) is 3.60. The molecule has 0 saturated carbocycles. The van der Waals surface area contributed by atoms with Gasteiger partial charge in [-0.15, -0.1) is 0 Å². The summed E-state index contributed by atoms with van der Waals surface area (Å²) in [7, 11) is 1.64. The smallest absolute Gasteiger partial charge is 0.276 e. The SMILES string of the molecule is CN(C(=O)c1cccc(C#N)n1)c1cccnc1. The fraction of sp³-hybridized carbons (Fsp3) is 0.0769. The van der Waals surface area contributed by atoms with Crippen LogP contribution in [0.5, 0.6) is 0 Å². The average molecular weight is 238 g/mol. The van der Waals surface area contributed by atoms with Gasteiger partial charge in [0, 0.05) is 13.2 Å². The van der Waals surface area contributed by atoms with Gasteiger partial charge in [0.25, 0.3) is 5.91 Å². The molecule has 5 heteroatoms. The Labute approximate surface area is 104 Å². The summed E-state index contributed by atoms with van der Waals surface area (Å²) in [6.45, 7) is 0. The van der Waals surface area contributed by atoms with Gasteiger partial charge in [-0.1, -0.05) is 6.07 Å². The molecule has 0 atom stereocenters. The zero-order chi connectivity index (χ0) is 13.0. The van der Waals surface area contributed by atoms with Gasteiger partial charge in [-0.25, -0.2) is 4.98 Å². The minimum atomic E-state index is -0.278. The van der Waals surface area contributed by atoms with Gasteiger partial charge >= 0.3 is 0 Å². The van der Waals surface area contributed by atoms with E-state index in [1.54, 1.807) is 49.8 Å². The van der Waals surface area contributed by atoms with Crippen LogP contribution >= 0.6 is 0 Å². The highest BCUT2D eigenvalue weighted by Crippen LogP contribution is 2.12. The van der Waals surface area contributed by atoms with Crippen molar-refractivity contribution in [3.63, 3.8) is 0 Å². The Hall–Kier alpha value is -2.74. The molecule has 1 amide bonds. The highest BCUT2D eigenvalue weighted by molar-refractivity contribution is 6.04. The quantitative estimate of drug-likeness (QED) is 0.797. The molecule has 5 nitrogen and oxygen atoms in total. The fourth-order valence-corrected chi connectivity index (χ4v) is 1.46. The van der Waals surface area contributed by atoms with E-state index in [4.69, 9.17) is 5.26 Å². The summed E-state index contributed by atoms with van der Waals surface area (Å²) in [6, 6.07) is 10.2. The topological polar surface area (TPSA) is 69.9 Å². The number of hydrogen-bond acceptors (Lipinski definition) is 4. The first kappa shape index (κ1) is 11.7. The number of nitrogens with zero attached hydrogens (tertiary/aromatic N) is 4. The molecule has 0 radical (unpaired) electrons. The van der Waals surface area contributed by atoms with E-state index in [0.717, 1.165) is 0 Å². The minimum Gasteiger partial charge on any atom is -0.309 e. The van der Waals surface area contributed by atoms with Crippen LogP contribution in [0.25, 0.3) is 0 Å². The van der Waals surface area contributed by atoms with Crippen LogP contribution in [0.3, 0.4) is 0 Å². The molecular formula is C13H10N4O. The molecule has 0 bridgehead atoms. The Bertz CT molecular complexity index is 604. The zero-order valence-corrected chi connectivity index (χ0v) is 9.74. The predicted octanol–water partition coefficient (Wildman–Crippen LogP) is 1.62. The third kappa shape index (κ3) is 2.33. The van der Waals surface area contributed by atoms with Crippen molar-refractivity contribution in [2.24, 2.45) is 0 Å². The van der Waals surface area contributed by atoms with Crippen molar-refractivity contribution in [3.8, 4) is 6.07 Å². The van der Waals surface area contributed by atoms with Crippen molar-refractivity contribution in [2.45, 2.75) is 0 Å². The summed E-state index contributed by atoms with van der Waals surface area (Å²) in [5.74, 6) is -0.278. The van der Waals surface area contributed by atoms with Crippen LogP contribution in [0, 0.1) is 11.3 Å². The van der Waals surface area contributed by atoms with E-state index >= 15 is 0 Å². The standard InChI is InChI=1S/C13H10N4O/c1-17(11-5-3-7-15-9-11)13(18)12-6-2-4-10(8-14)16-12/h2-7,9H,1H3. The van der Waals surface area contributed by atoms with Gasteiger partial charge in [-0.2, -0.15) is 5.26 Å². The lowest BCUT2D eigenvalue weighted by Gasteiger charge is -2.16. The van der Waals surface area contributed by atoms with Crippen molar-refractivity contribution in [1.82, 2.24) is 9.97 Å². The first-order chi connectivity index (χ1) is 8.72. The first-order valence-corrected chi connectivity index (χ1v) is 5.27. The van der Waals surface area contributed by atoms with Gasteiger partial charge in [-0.3, -0.25) is 9.78 Å². The molecule has 0 aliphatic heterocycles. The number of carbonyl (C=O) groups excluding carboxylic acids is 1. The highest BCUT2D eigenvalue weighted by atomic mass is 16.2. The van der Waals surface area contributed by atoms with E-state index < -0.39 is 0 Å². The second-order valence-corrected chi connectivity index (χ2v) is 3.60. The molecule has 88 valence electrons. The molecule has 2 aromatic rings. The molecule has 0 aliphatic rings. The van der Waals surface area contributed by atoms with E-state index in [2.05, 4.69) is 9.97 Å². The molecule has 0 spiro atoms. The lowest BCUT2D eigenvalue weighted by Crippen LogP contribution is -2.27. The molecule has 0 aromatic carbocycles. The Morgan fingerprint density at radius 1 is 1.33 bits per heavy atom. The number of aromatic nitrogens is 2. The van der Waals surface area contributed by atoms with E-state index in [9.17, 15) is 4.79 Å².